The van der Waals surface area contributed by atoms with Crippen molar-refractivity contribution in [3.8, 4) is 22.6 Å². The summed E-state index contributed by atoms with van der Waals surface area (Å²) in [6, 6.07) is 14.9. The van der Waals surface area contributed by atoms with Crippen molar-refractivity contribution in [2.75, 3.05) is 0 Å². The van der Waals surface area contributed by atoms with Crippen molar-refractivity contribution >= 4 is 9.84 Å². The average Bonchev–Trinajstić information content (AvgIpc) is 3.26. The molecule has 33 heavy (non-hydrogen) atoms. The zero-order chi connectivity index (χ0) is 23.4. The van der Waals surface area contributed by atoms with Crippen molar-refractivity contribution in [1.82, 2.24) is 20.2 Å². The second kappa shape index (κ2) is 10.7. The molecule has 4 rings (SSSR count). The molecule has 3 aromatic heterocycles. The van der Waals surface area contributed by atoms with Gasteiger partial charge in [0, 0.05) is 49.8 Å². The van der Waals surface area contributed by atoms with E-state index in [9.17, 15) is 30.4 Å². The molecule has 0 aliphatic rings. The Kier molecular flexibility index (Phi) is 8.53. The molecular weight excluding hydrogens is 648 g/mol. The minimum atomic E-state index is -5.46. The first-order valence-corrected chi connectivity index (χ1v) is 10.1. The molecule has 1 aromatic carbocycles. The fraction of sp³-hybridized carbons (Fsp3) is 0.0500. The van der Waals surface area contributed by atoms with Crippen LogP contribution in [0.25, 0.3) is 22.6 Å². The summed E-state index contributed by atoms with van der Waals surface area (Å²) in [5.41, 5.74) is -4.54. The second-order valence-corrected chi connectivity index (χ2v) is 7.88. The van der Waals surface area contributed by atoms with Crippen LogP contribution in [-0.2, 0) is 29.9 Å². The topological polar surface area (TPSA) is 86.9 Å². The van der Waals surface area contributed by atoms with Gasteiger partial charge >= 0.3 is 5.51 Å². The Hall–Kier alpha value is -3.02. The van der Waals surface area contributed by atoms with E-state index in [2.05, 4.69) is 26.2 Å². The third-order valence-electron chi connectivity index (χ3n) is 3.80. The molecule has 1 radical (unpaired) electrons. The number of pyridine rings is 2. The monoisotopic (exact) mass is 659 g/mol. The first-order valence-electron chi connectivity index (χ1n) is 8.61. The van der Waals surface area contributed by atoms with Gasteiger partial charge in [0.05, 0.1) is 0 Å². The molecule has 13 heteroatoms. The SMILES string of the molecule is Fc1c[c-]c(-c2ccccn2)c(F)c1.O=S(=O)(c1cc(-c2ccccn2)[n-]n1)C(F)(F)F.[Ir]. The average molecular weight is 659 g/mol. The molecule has 6 nitrogen and oxygen atoms in total. The number of hydrogen-bond acceptors (Lipinski definition) is 5. The van der Waals surface area contributed by atoms with Gasteiger partial charge in [0.2, 0.25) is 0 Å². The van der Waals surface area contributed by atoms with Crippen LogP contribution < -0.4 is 5.10 Å². The molecular formula is C20H11F5IrN4O2S-2. The number of hydrogen-bond donors (Lipinski definition) is 0. The largest absolute Gasteiger partial charge is 0.573 e. The van der Waals surface area contributed by atoms with E-state index >= 15 is 0 Å². The van der Waals surface area contributed by atoms with Gasteiger partial charge < -0.3 is 15.2 Å². The molecule has 0 bridgehead atoms. The van der Waals surface area contributed by atoms with Crippen molar-refractivity contribution in [2.24, 2.45) is 0 Å². The maximum absolute atomic E-state index is 13.2. The van der Waals surface area contributed by atoms with E-state index < -0.39 is 32.0 Å². The summed E-state index contributed by atoms with van der Waals surface area (Å²) < 4.78 is 84.7. The maximum atomic E-state index is 13.2. The van der Waals surface area contributed by atoms with E-state index in [-0.39, 0.29) is 37.1 Å². The molecule has 0 saturated heterocycles. The minimum absolute atomic E-state index is 0. The zero-order valence-electron chi connectivity index (χ0n) is 16.1. The Labute approximate surface area is 198 Å². The van der Waals surface area contributed by atoms with Crippen molar-refractivity contribution in [1.29, 1.82) is 0 Å². The quantitative estimate of drug-likeness (QED) is 0.242. The number of nitrogens with zero attached hydrogens (tertiary/aromatic N) is 4. The van der Waals surface area contributed by atoms with Crippen LogP contribution >= 0.6 is 0 Å². The molecule has 4 aromatic rings. The van der Waals surface area contributed by atoms with Crippen LogP contribution in [-0.4, -0.2) is 29.0 Å². The smallest absolute Gasteiger partial charge is 0.503 e. The number of benzene rings is 1. The molecule has 0 unspecified atom stereocenters. The van der Waals surface area contributed by atoms with E-state index in [4.69, 9.17) is 0 Å². The van der Waals surface area contributed by atoms with E-state index in [0.717, 1.165) is 18.2 Å². The van der Waals surface area contributed by atoms with E-state index in [1.54, 1.807) is 36.5 Å². The van der Waals surface area contributed by atoms with Gasteiger partial charge in [-0.1, -0.05) is 35.5 Å². The predicted octanol–water partition coefficient (Wildman–Crippen LogP) is 4.22. The predicted molar refractivity (Wildman–Crippen MR) is 102 cm³/mol. The summed E-state index contributed by atoms with van der Waals surface area (Å²) in [5.74, 6) is -1.29. The van der Waals surface area contributed by atoms with Crippen LogP contribution in [0, 0.1) is 17.7 Å². The summed E-state index contributed by atoms with van der Waals surface area (Å²) in [6.45, 7) is 0. The molecule has 0 amide bonds. The Balaban J connectivity index is 0.000000233. The van der Waals surface area contributed by atoms with Crippen LogP contribution in [0.15, 0.2) is 72.0 Å². The number of aromatic nitrogens is 4. The van der Waals surface area contributed by atoms with Crippen LogP contribution in [0.1, 0.15) is 0 Å². The Morgan fingerprint density at radius 1 is 0.909 bits per heavy atom. The fourth-order valence-electron chi connectivity index (χ4n) is 2.32. The normalized spacial score (nSPS) is 11.2. The molecule has 0 saturated carbocycles. The van der Waals surface area contributed by atoms with Gasteiger partial charge in [0.15, 0.2) is 0 Å². The Bertz CT molecular complexity index is 1300. The molecule has 0 N–H and O–H groups in total. The number of halogens is 5. The third kappa shape index (κ3) is 6.27. The van der Waals surface area contributed by atoms with Crippen LogP contribution in [0.2, 0.25) is 0 Å². The maximum Gasteiger partial charge on any atom is 0.503 e. The first-order chi connectivity index (χ1) is 15.1. The summed E-state index contributed by atoms with van der Waals surface area (Å²) in [6.07, 6.45) is 2.95. The van der Waals surface area contributed by atoms with Gasteiger partial charge in [-0.05, 0) is 30.0 Å². The summed E-state index contributed by atoms with van der Waals surface area (Å²) in [5, 5.41) is 5.28. The zero-order valence-corrected chi connectivity index (χ0v) is 19.3. The number of rotatable bonds is 3. The molecule has 0 atom stereocenters. The van der Waals surface area contributed by atoms with E-state index in [1.165, 1.54) is 12.3 Å². The van der Waals surface area contributed by atoms with Gasteiger partial charge in [-0.15, -0.1) is 12.1 Å². The third-order valence-corrected chi connectivity index (χ3v) is 5.16. The molecule has 0 spiro atoms. The van der Waals surface area contributed by atoms with Crippen LogP contribution in [0.5, 0.6) is 0 Å². The molecule has 3 heterocycles. The van der Waals surface area contributed by atoms with Crippen molar-refractivity contribution in [2.45, 2.75) is 10.5 Å². The molecule has 0 aliphatic carbocycles. The first kappa shape index (κ1) is 26.2. The van der Waals surface area contributed by atoms with E-state index in [0.29, 0.717) is 5.69 Å². The standard InChI is InChI=1S/C11H6F2N.C9H5F3N3O2S.Ir/c12-8-4-5-9(10(13)7-8)11-3-1-2-6-14-11;10-9(11,12)18(16,17)8-5-7(14-15-8)6-3-1-2-4-13-6;/h1-4,6-7H;1-5H;/q2*-1;. The second-order valence-electron chi connectivity index (χ2n) is 5.99. The summed E-state index contributed by atoms with van der Waals surface area (Å²) in [7, 11) is -5.46. The van der Waals surface area contributed by atoms with Gasteiger partial charge in [0.1, 0.15) is 5.03 Å². The van der Waals surface area contributed by atoms with Crippen molar-refractivity contribution in [3.05, 3.63) is 84.7 Å². The molecule has 175 valence electrons. The minimum Gasteiger partial charge on any atom is -0.573 e. The Morgan fingerprint density at radius 2 is 1.52 bits per heavy atom. The van der Waals surface area contributed by atoms with E-state index in [1.807, 2.05) is 0 Å². The van der Waals surface area contributed by atoms with Crippen LogP contribution in [0.3, 0.4) is 0 Å². The Morgan fingerprint density at radius 3 is 2.03 bits per heavy atom. The summed E-state index contributed by atoms with van der Waals surface area (Å²) in [4.78, 5) is 7.77. The number of alkyl halides is 3. The van der Waals surface area contributed by atoms with Gasteiger partial charge in [-0.25, -0.2) is 8.42 Å². The van der Waals surface area contributed by atoms with Gasteiger partial charge in [0.25, 0.3) is 9.84 Å². The van der Waals surface area contributed by atoms with Gasteiger partial charge in [-0.3, -0.25) is 13.8 Å². The molecule has 0 fully saturated rings. The summed E-state index contributed by atoms with van der Waals surface area (Å²) >= 11 is 0. The van der Waals surface area contributed by atoms with Gasteiger partial charge in [-0.2, -0.15) is 13.2 Å². The number of sulfone groups is 1. The van der Waals surface area contributed by atoms with Crippen LogP contribution in [0.4, 0.5) is 22.0 Å². The van der Waals surface area contributed by atoms with Crippen molar-refractivity contribution < 1.29 is 50.5 Å². The van der Waals surface area contributed by atoms with Crippen molar-refractivity contribution in [3.63, 3.8) is 0 Å². The molecule has 0 aliphatic heterocycles. The fourth-order valence-corrected chi connectivity index (χ4v) is 2.97.